The Balaban J connectivity index is 1.52. The molecule has 3 aromatic heterocycles. The molecular formula is C24H27FN6O. The lowest BCUT2D eigenvalue weighted by Gasteiger charge is -2.24. The molecule has 0 unspecified atom stereocenters. The van der Waals surface area contributed by atoms with Crippen molar-refractivity contribution < 1.29 is 9.13 Å². The topological polar surface area (TPSA) is 81.6 Å². The lowest BCUT2D eigenvalue weighted by atomic mass is 10.1. The largest absolute Gasteiger partial charge is 0.491 e. The Bertz CT molecular complexity index is 1270. The minimum absolute atomic E-state index is 0.202. The van der Waals surface area contributed by atoms with E-state index >= 15 is 0 Å². The average molecular weight is 435 g/mol. The number of hydrogen-bond acceptors (Lipinski definition) is 6. The highest BCUT2D eigenvalue weighted by molar-refractivity contribution is 5.82. The minimum atomic E-state index is -0.390. The quantitative estimate of drug-likeness (QED) is 0.497. The first-order chi connectivity index (χ1) is 15.6. The van der Waals surface area contributed by atoms with E-state index in [1.54, 1.807) is 6.07 Å². The highest BCUT2D eigenvalue weighted by Gasteiger charge is 2.26. The van der Waals surface area contributed by atoms with Crippen LogP contribution in [0.3, 0.4) is 0 Å². The number of likely N-dealkylation sites (tertiary alicyclic amines) is 1. The number of pyridine rings is 2. The van der Waals surface area contributed by atoms with E-state index < -0.39 is 0 Å². The lowest BCUT2D eigenvalue weighted by Crippen LogP contribution is -2.26. The summed E-state index contributed by atoms with van der Waals surface area (Å²) in [6.45, 7) is 7.26. The van der Waals surface area contributed by atoms with Crippen LogP contribution in [0, 0.1) is 11.7 Å². The first-order valence-corrected chi connectivity index (χ1v) is 11.1. The maximum absolute atomic E-state index is 14.2. The molecule has 0 bridgehead atoms. The van der Waals surface area contributed by atoms with Crippen LogP contribution >= 0.6 is 0 Å². The molecule has 5 rings (SSSR count). The van der Waals surface area contributed by atoms with Gasteiger partial charge in [0.15, 0.2) is 23.0 Å². The highest BCUT2D eigenvalue weighted by Crippen LogP contribution is 2.29. The zero-order chi connectivity index (χ0) is 22.2. The standard InChI is InChI=1S/C24H27FN6O/c1-3-32-22-11-21-17(10-19(22)25)4-6-20(27-21)24-29-28-23-7-5-18(14-31(23)24)15(2)30-9-8-16(12-26)13-30/h4-7,10-11,14-16H,3,8-9,12-13,26H2,1-2H3/t15-,16-/m0/s1. The van der Waals surface area contributed by atoms with E-state index in [9.17, 15) is 4.39 Å². The third kappa shape index (κ3) is 3.69. The number of aromatic nitrogens is 4. The van der Waals surface area contributed by atoms with Gasteiger partial charge in [-0.05, 0) is 63.0 Å². The predicted molar refractivity (Wildman–Crippen MR) is 122 cm³/mol. The smallest absolute Gasteiger partial charge is 0.187 e. The van der Waals surface area contributed by atoms with Crippen molar-refractivity contribution in [1.82, 2.24) is 24.5 Å². The van der Waals surface area contributed by atoms with Gasteiger partial charge in [-0.3, -0.25) is 9.30 Å². The van der Waals surface area contributed by atoms with Crippen molar-refractivity contribution in [3.05, 3.63) is 54.0 Å². The van der Waals surface area contributed by atoms with Crippen molar-refractivity contribution in [2.45, 2.75) is 26.3 Å². The van der Waals surface area contributed by atoms with Crippen molar-refractivity contribution >= 4 is 16.6 Å². The molecule has 0 saturated carbocycles. The van der Waals surface area contributed by atoms with Gasteiger partial charge in [-0.2, -0.15) is 0 Å². The van der Waals surface area contributed by atoms with Gasteiger partial charge in [-0.25, -0.2) is 9.37 Å². The summed E-state index contributed by atoms with van der Waals surface area (Å²) in [4.78, 5) is 7.20. The van der Waals surface area contributed by atoms with Crippen LogP contribution in [0.1, 0.15) is 31.9 Å². The number of fused-ring (bicyclic) bond motifs is 2. The van der Waals surface area contributed by atoms with E-state index in [0.717, 1.165) is 31.7 Å². The Morgan fingerprint density at radius 2 is 2.09 bits per heavy atom. The van der Waals surface area contributed by atoms with Gasteiger partial charge in [0.1, 0.15) is 5.69 Å². The number of hydrogen-bond donors (Lipinski definition) is 1. The summed E-state index contributed by atoms with van der Waals surface area (Å²) in [6.07, 6.45) is 3.24. The fraction of sp³-hybridized carbons (Fsp3) is 0.375. The van der Waals surface area contributed by atoms with E-state index in [4.69, 9.17) is 15.5 Å². The molecule has 2 N–H and O–H groups in total. The van der Waals surface area contributed by atoms with Gasteiger partial charge in [-0.1, -0.05) is 12.1 Å². The monoisotopic (exact) mass is 434 g/mol. The van der Waals surface area contributed by atoms with Crippen LogP contribution in [-0.2, 0) is 0 Å². The second-order valence-corrected chi connectivity index (χ2v) is 8.38. The van der Waals surface area contributed by atoms with E-state index in [1.807, 2.05) is 29.5 Å². The van der Waals surface area contributed by atoms with E-state index in [1.165, 1.54) is 11.6 Å². The van der Waals surface area contributed by atoms with Crippen molar-refractivity contribution in [2.24, 2.45) is 11.7 Å². The van der Waals surface area contributed by atoms with Crippen LogP contribution < -0.4 is 10.5 Å². The number of rotatable bonds is 6. The number of nitrogens with two attached hydrogens (primary N) is 1. The van der Waals surface area contributed by atoms with Crippen molar-refractivity contribution in [1.29, 1.82) is 0 Å². The van der Waals surface area contributed by atoms with Crippen molar-refractivity contribution in [3.63, 3.8) is 0 Å². The Labute approximate surface area is 186 Å². The lowest BCUT2D eigenvalue weighted by molar-refractivity contribution is 0.253. The minimum Gasteiger partial charge on any atom is -0.491 e. The highest BCUT2D eigenvalue weighted by atomic mass is 19.1. The summed E-state index contributed by atoms with van der Waals surface area (Å²) in [7, 11) is 0. The van der Waals surface area contributed by atoms with Crippen LogP contribution in [0.2, 0.25) is 0 Å². The van der Waals surface area contributed by atoms with Gasteiger partial charge >= 0.3 is 0 Å². The number of benzene rings is 1. The number of ether oxygens (including phenoxy) is 1. The Kier molecular flexibility index (Phi) is 5.48. The summed E-state index contributed by atoms with van der Waals surface area (Å²) in [5.41, 5.74) is 9.15. The Morgan fingerprint density at radius 1 is 1.22 bits per heavy atom. The molecular weight excluding hydrogens is 407 g/mol. The third-order valence-electron chi connectivity index (χ3n) is 6.38. The molecule has 0 amide bonds. The molecule has 4 aromatic rings. The number of nitrogens with zero attached hydrogens (tertiary/aromatic N) is 5. The molecule has 32 heavy (non-hydrogen) atoms. The summed E-state index contributed by atoms with van der Waals surface area (Å²) in [5.74, 6) is 1.03. The molecule has 1 aliphatic rings. The fourth-order valence-corrected chi connectivity index (χ4v) is 4.46. The van der Waals surface area contributed by atoms with E-state index in [0.29, 0.717) is 34.9 Å². The van der Waals surface area contributed by atoms with Gasteiger partial charge in [0.25, 0.3) is 0 Å². The molecule has 1 aliphatic heterocycles. The molecule has 1 aromatic carbocycles. The first kappa shape index (κ1) is 20.8. The fourth-order valence-electron chi connectivity index (χ4n) is 4.46. The zero-order valence-corrected chi connectivity index (χ0v) is 18.3. The van der Waals surface area contributed by atoms with Gasteiger partial charge in [0.2, 0.25) is 0 Å². The molecule has 4 heterocycles. The maximum atomic E-state index is 14.2. The molecule has 1 saturated heterocycles. The predicted octanol–water partition coefficient (Wildman–Crippen LogP) is 3.82. The molecule has 2 atom stereocenters. The normalized spacial score (nSPS) is 17.9. The van der Waals surface area contributed by atoms with Crippen LogP contribution in [0.5, 0.6) is 5.75 Å². The Hall–Kier alpha value is -3.10. The van der Waals surface area contributed by atoms with Gasteiger partial charge in [0.05, 0.1) is 12.1 Å². The van der Waals surface area contributed by atoms with Crippen molar-refractivity contribution in [3.8, 4) is 17.3 Å². The summed E-state index contributed by atoms with van der Waals surface area (Å²) >= 11 is 0. The van der Waals surface area contributed by atoms with Crippen LogP contribution in [-0.4, -0.2) is 50.7 Å². The first-order valence-electron chi connectivity index (χ1n) is 11.1. The zero-order valence-electron chi connectivity index (χ0n) is 18.3. The second kappa shape index (κ2) is 8.44. The summed E-state index contributed by atoms with van der Waals surface area (Å²) < 4.78 is 21.6. The number of halogens is 1. The van der Waals surface area contributed by atoms with Gasteiger partial charge in [-0.15, -0.1) is 10.2 Å². The van der Waals surface area contributed by atoms with Crippen LogP contribution in [0.15, 0.2) is 42.6 Å². The summed E-state index contributed by atoms with van der Waals surface area (Å²) in [5, 5.41) is 9.41. The van der Waals surface area contributed by atoms with Crippen molar-refractivity contribution in [2.75, 3.05) is 26.2 Å². The van der Waals surface area contributed by atoms with Crippen LogP contribution in [0.4, 0.5) is 4.39 Å². The molecule has 7 nitrogen and oxygen atoms in total. The molecule has 166 valence electrons. The Morgan fingerprint density at radius 3 is 2.88 bits per heavy atom. The molecule has 8 heteroatoms. The molecule has 1 fully saturated rings. The van der Waals surface area contributed by atoms with E-state index in [-0.39, 0.29) is 17.6 Å². The third-order valence-corrected chi connectivity index (χ3v) is 6.38. The molecule has 0 radical (unpaired) electrons. The summed E-state index contributed by atoms with van der Waals surface area (Å²) in [6, 6.07) is 11.1. The van der Waals surface area contributed by atoms with Gasteiger partial charge in [0, 0.05) is 30.2 Å². The molecule has 0 spiro atoms. The second-order valence-electron chi connectivity index (χ2n) is 8.38. The molecule has 0 aliphatic carbocycles. The SMILES string of the molecule is CCOc1cc2nc(-c3nnc4ccc([C@H](C)N5CC[C@@H](CN)C5)cn34)ccc2cc1F. The van der Waals surface area contributed by atoms with Gasteiger partial charge < -0.3 is 10.5 Å². The van der Waals surface area contributed by atoms with Crippen LogP contribution in [0.25, 0.3) is 28.1 Å². The maximum Gasteiger partial charge on any atom is 0.187 e. The average Bonchev–Trinajstić information content (AvgIpc) is 3.46. The van der Waals surface area contributed by atoms with E-state index in [2.05, 4.69) is 34.3 Å².